The van der Waals surface area contributed by atoms with Crippen LogP contribution in [0.4, 0.5) is 5.69 Å². The summed E-state index contributed by atoms with van der Waals surface area (Å²) in [6, 6.07) is 13.3. The average molecular weight is 379 g/mol. The number of para-hydroxylation sites is 2. The van der Waals surface area contributed by atoms with Gasteiger partial charge in [-0.05, 0) is 30.7 Å². The van der Waals surface area contributed by atoms with Gasteiger partial charge >= 0.3 is 5.69 Å². The van der Waals surface area contributed by atoms with Crippen molar-refractivity contribution in [1.82, 2.24) is 5.32 Å². The van der Waals surface area contributed by atoms with Gasteiger partial charge in [0.2, 0.25) is 0 Å². The quantitative estimate of drug-likeness (QED) is 0.614. The van der Waals surface area contributed by atoms with Crippen molar-refractivity contribution in [3.63, 3.8) is 0 Å². The van der Waals surface area contributed by atoms with Crippen LogP contribution in [0.3, 0.4) is 0 Å². The molecule has 0 heterocycles. The number of nitro groups is 1. The number of nitrogens with zero attached hydrogens (tertiary/aromatic N) is 1. The zero-order valence-electron chi connectivity index (χ0n) is 12.4. The van der Waals surface area contributed by atoms with Crippen LogP contribution in [0.2, 0.25) is 0 Å². The van der Waals surface area contributed by atoms with Crippen LogP contribution in [0, 0.1) is 10.1 Å². The fourth-order valence-electron chi connectivity index (χ4n) is 1.99. The van der Waals surface area contributed by atoms with E-state index >= 15 is 0 Å². The highest BCUT2D eigenvalue weighted by Crippen LogP contribution is 2.25. The number of nitrogens with one attached hydrogen (secondary N) is 1. The largest absolute Gasteiger partial charge is 0.477 e. The molecule has 1 atom stereocenters. The maximum atomic E-state index is 11.9. The molecule has 120 valence electrons. The average Bonchev–Trinajstić information content (AvgIpc) is 2.53. The monoisotopic (exact) mass is 378 g/mol. The number of hydrogen-bond acceptors (Lipinski definition) is 4. The van der Waals surface area contributed by atoms with Gasteiger partial charge in [0, 0.05) is 10.5 Å². The Labute approximate surface area is 141 Å². The van der Waals surface area contributed by atoms with Gasteiger partial charge in [-0.3, -0.25) is 14.9 Å². The van der Waals surface area contributed by atoms with Gasteiger partial charge in [0.1, 0.15) is 0 Å². The number of nitro benzene ring substituents is 1. The van der Waals surface area contributed by atoms with Crippen molar-refractivity contribution >= 4 is 27.5 Å². The lowest BCUT2D eigenvalue weighted by molar-refractivity contribution is -0.385. The third-order valence-electron chi connectivity index (χ3n) is 3.17. The topological polar surface area (TPSA) is 81.5 Å². The molecule has 0 saturated heterocycles. The maximum Gasteiger partial charge on any atom is 0.310 e. The van der Waals surface area contributed by atoms with Crippen molar-refractivity contribution in [3.8, 4) is 5.75 Å². The number of rotatable bonds is 6. The first-order valence-corrected chi connectivity index (χ1v) is 7.67. The van der Waals surface area contributed by atoms with Crippen LogP contribution in [0.5, 0.6) is 5.75 Å². The summed E-state index contributed by atoms with van der Waals surface area (Å²) in [6.07, 6.45) is 0. The Morgan fingerprint density at radius 2 is 1.91 bits per heavy atom. The van der Waals surface area contributed by atoms with E-state index in [0.29, 0.717) is 0 Å². The second-order valence-electron chi connectivity index (χ2n) is 4.85. The Morgan fingerprint density at radius 1 is 1.26 bits per heavy atom. The maximum absolute atomic E-state index is 11.9. The molecule has 6 nitrogen and oxygen atoms in total. The SMILES string of the molecule is CC(NC(=O)COc1ccccc1[N+](=O)[O-])c1ccc(Br)cc1. The number of hydrogen-bond donors (Lipinski definition) is 1. The Morgan fingerprint density at radius 3 is 2.57 bits per heavy atom. The van der Waals surface area contributed by atoms with Gasteiger partial charge in [0.05, 0.1) is 11.0 Å². The molecule has 0 saturated carbocycles. The lowest BCUT2D eigenvalue weighted by Crippen LogP contribution is -2.31. The fraction of sp³-hybridized carbons (Fsp3) is 0.188. The Balaban J connectivity index is 1.93. The minimum absolute atomic E-state index is 0.0731. The Kier molecular flexibility index (Phi) is 5.70. The molecule has 0 radical (unpaired) electrons. The van der Waals surface area contributed by atoms with E-state index < -0.39 is 4.92 Å². The van der Waals surface area contributed by atoms with Crippen molar-refractivity contribution in [3.05, 3.63) is 68.7 Å². The zero-order chi connectivity index (χ0) is 16.8. The van der Waals surface area contributed by atoms with Crippen molar-refractivity contribution in [2.24, 2.45) is 0 Å². The van der Waals surface area contributed by atoms with Crippen LogP contribution in [0.25, 0.3) is 0 Å². The summed E-state index contributed by atoms with van der Waals surface area (Å²) < 4.78 is 6.21. The molecule has 0 aliphatic carbocycles. The molecular formula is C16H15BrN2O4. The van der Waals surface area contributed by atoms with Gasteiger partial charge in [-0.1, -0.05) is 40.2 Å². The molecule has 0 aliphatic rings. The molecule has 0 bridgehead atoms. The summed E-state index contributed by atoms with van der Waals surface area (Å²) >= 11 is 3.35. The number of benzene rings is 2. The minimum atomic E-state index is -0.544. The smallest absolute Gasteiger partial charge is 0.310 e. The first kappa shape index (κ1) is 17.0. The molecule has 0 fully saturated rings. The number of amides is 1. The number of carbonyl (C=O) groups excluding carboxylic acids is 1. The third kappa shape index (κ3) is 4.79. The van der Waals surface area contributed by atoms with Gasteiger partial charge in [-0.2, -0.15) is 0 Å². The molecule has 2 rings (SSSR count). The van der Waals surface area contributed by atoms with Gasteiger partial charge < -0.3 is 10.1 Å². The standard InChI is InChI=1S/C16H15BrN2O4/c1-11(12-6-8-13(17)9-7-12)18-16(20)10-23-15-5-3-2-4-14(15)19(21)22/h2-9,11H,10H2,1H3,(H,18,20). The highest BCUT2D eigenvalue weighted by atomic mass is 79.9. The molecule has 2 aromatic rings. The van der Waals surface area contributed by atoms with Crippen LogP contribution in [0.1, 0.15) is 18.5 Å². The van der Waals surface area contributed by atoms with Crippen molar-refractivity contribution in [2.45, 2.75) is 13.0 Å². The molecule has 7 heteroatoms. The summed E-state index contributed by atoms with van der Waals surface area (Å²) in [5.41, 5.74) is 0.786. The fourth-order valence-corrected chi connectivity index (χ4v) is 2.26. The van der Waals surface area contributed by atoms with E-state index in [0.717, 1.165) is 10.0 Å². The summed E-state index contributed by atoms with van der Waals surface area (Å²) in [6.45, 7) is 1.57. The molecule has 23 heavy (non-hydrogen) atoms. The van der Waals surface area contributed by atoms with E-state index in [2.05, 4.69) is 21.2 Å². The molecule has 1 amide bonds. The Hall–Kier alpha value is -2.41. The minimum Gasteiger partial charge on any atom is -0.477 e. The van der Waals surface area contributed by atoms with Crippen LogP contribution < -0.4 is 10.1 Å². The molecule has 1 N–H and O–H groups in total. The first-order chi connectivity index (χ1) is 11.0. The summed E-state index contributed by atoms with van der Waals surface area (Å²) in [4.78, 5) is 22.3. The molecule has 0 aromatic heterocycles. The van der Waals surface area contributed by atoms with Crippen molar-refractivity contribution in [1.29, 1.82) is 0 Å². The second-order valence-corrected chi connectivity index (χ2v) is 5.77. The highest BCUT2D eigenvalue weighted by Gasteiger charge is 2.16. The van der Waals surface area contributed by atoms with Crippen LogP contribution >= 0.6 is 15.9 Å². The molecule has 0 spiro atoms. The third-order valence-corrected chi connectivity index (χ3v) is 3.70. The van der Waals surface area contributed by atoms with Gasteiger partial charge in [0.15, 0.2) is 12.4 Å². The van der Waals surface area contributed by atoms with Crippen LogP contribution in [-0.2, 0) is 4.79 Å². The number of halogens is 1. The van der Waals surface area contributed by atoms with E-state index in [1.54, 1.807) is 12.1 Å². The van der Waals surface area contributed by atoms with Gasteiger partial charge in [0.25, 0.3) is 5.91 Å². The first-order valence-electron chi connectivity index (χ1n) is 6.88. The van der Waals surface area contributed by atoms with Gasteiger partial charge in [-0.25, -0.2) is 0 Å². The second kappa shape index (κ2) is 7.73. The zero-order valence-corrected chi connectivity index (χ0v) is 13.9. The predicted octanol–water partition coefficient (Wildman–Crippen LogP) is 3.61. The normalized spacial score (nSPS) is 11.6. The molecule has 0 aliphatic heterocycles. The number of carbonyl (C=O) groups is 1. The van der Waals surface area contributed by atoms with E-state index in [4.69, 9.17) is 4.74 Å². The summed E-state index contributed by atoms with van der Waals surface area (Å²) in [5.74, 6) is -0.275. The van der Waals surface area contributed by atoms with E-state index in [9.17, 15) is 14.9 Å². The van der Waals surface area contributed by atoms with Crippen molar-refractivity contribution < 1.29 is 14.5 Å². The van der Waals surface area contributed by atoms with E-state index in [-0.39, 0.29) is 30.0 Å². The van der Waals surface area contributed by atoms with E-state index in [1.165, 1.54) is 12.1 Å². The molecular weight excluding hydrogens is 364 g/mol. The van der Waals surface area contributed by atoms with E-state index in [1.807, 2.05) is 31.2 Å². The number of ether oxygens (including phenoxy) is 1. The summed E-state index contributed by atoms with van der Waals surface area (Å²) in [5, 5.41) is 13.7. The van der Waals surface area contributed by atoms with Crippen LogP contribution in [0.15, 0.2) is 53.0 Å². The summed E-state index contributed by atoms with van der Waals surface area (Å²) in [7, 11) is 0. The lowest BCUT2D eigenvalue weighted by Gasteiger charge is -2.14. The van der Waals surface area contributed by atoms with Gasteiger partial charge in [-0.15, -0.1) is 0 Å². The predicted molar refractivity (Wildman–Crippen MR) is 89.3 cm³/mol. The van der Waals surface area contributed by atoms with Crippen molar-refractivity contribution in [2.75, 3.05) is 6.61 Å². The molecule has 1 unspecified atom stereocenters. The highest BCUT2D eigenvalue weighted by molar-refractivity contribution is 9.10. The lowest BCUT2D eigenvalue weighted by atomic mass is 10.1. The molecule has 2 aromatic carbocycles. The Bertz CT molecular complexity index is 703. The van der Waals surface area contributed by atoms with Crippen LogP contribution in [-0.4, -0.2) is 17.4 Å².